The molecule has 0 saturated heterocycles. The van der Waals surface area contributed by atoms with E-state index < -0.39 is 5.97 Å². The van der Waals surface area contributed by atoms with Crippen LogP contribution in [0.15, 0.2) is 34.9 Å². The quantitative estimate of drug-likeness (QED) is 0.665. The average molecular weight is 327 g/mol. The molecule has 7 nitrogen and oxygen atoms in total. The molecule has 0 fully saturated rings. The lowest BCUT2D eigenvalue weighted by molar-refractivity contribution is -0.116. The van der Waals surface area contributed by atoms with E-state index in [0.29, 0.717) is 17.9 Å². The second-order valence-electron chi connectivity index (χ2n) is 5.03. The highest BCUT2D eigenvalue weighted by molar-refractivity contribution is 6.25. The van der Waals surface area contributed by atoms with E-state index >= 15 is 0 Å². The van der Waals surface area contributed by atoms with Crippen LogP contribution in [0.5, 0.6) is 0 Å². The van der Waals surface area contributed by atoms with Gasteiger partial charge in [0.15, 0.2) is 0 Å². The molecule has 0 aliphatic carbocycles. The lowest BCUT2D eigenvalue weighted by Crippen LogP contribution is -2.14. The standard InChI is InChI=1S/C17H17N3O4/c1-3-23-16-11(15(21)19-20-16)9-13-14(17(22)24-4-2)10-7-5-6-8-12(10)18-13/h5-9,18H,3-4H2,1-2H3,(H,19,21). The first-order chi connectivity index (χ1) is 11.7. The number of nitrogens with one attached hydrogen (secondary N) is 2. The number of para-hydroxylation sites is 1. The molecule has 0 bridgehead atoms. The van der Waals surface area contributed by atoms with Gasteiger partial charge in [0.2, 0.25) is 5.90 Å². The van der Waals surface area contributed by atoms with Gasteiger partial charge in [0.1, 0.15) is 5.57 Å². The van der Waals surface area contributed by atoms with E-state index in [0.717, 1.165) is 10.9 Å². The zero-order valence-corrected chi connectivity index (χ0v) is 13.4. The number of H-pyrrole nitrogens is 1. The molecule has 24 heavy (non-hydrogen) atoms. The zero-order valence-electron chi connectivity index (χ0n) is 13.4. The fourth-order valence-corrected chi connectivity index (χ4v) is 2.53. The van der Waals surface area contributed by atoms with Gasteiger partial charge in [-0.25, -0.2) is 10.2 Å². The molecule has 1 amide bonds. The first kappa shape index (κ1) is 15.8. The maximum absolute atomic E-state index is 12.4. The van der Waals surface area contributed by atoms with E-state index in [1.54, 1.807) is 19.9 Å². The number of amides is 1. The molecule has 3 rings (SSSR count). The van der Waals surface area contributed by atoms with Crippen molar-refractivity contribution >= 4 is 34.8 Å². The number of ether oxygens (including phenoxy) is 2. The molecular weight excluding hydrogens is 310 g/mol. The van der Waals surface area contributed by atoms with Crippen LogP contribution in [-0.2, 0) is 14.3 Å². The van der Waals surface area contributed by atoms with Gasteiger partial charge in [-0.15, -0.1) is 5.10 Å². The number of esters is 1. The number of rotatable bonds is 4. The minimum atomic E-state index is -0.449. The molecule has 2 heterocycles. The normalized spacial score (nSPS) is 15.5. The highest BCUT2D eigenvalue weighted by Crippen LogP contribution is 2.26. The molecule has 0 spiro atoms. The molecule has 0 atom stereocenters. The van der Waals surface area contributed by atoms with E-state index in [2.05, 4.69) is 15.5 Å². The number of hydrogen-bond donors (Lipinski definition) is 2. The van der Waals surface area contributed by atoms with Crippen LogP contribution in [0.2, 0.25) is 0 Å². The summed E-state index contributed by atoms with van der Waals surface area (Å²) in [6, 6.07) is 7.38. The Hall–Kier alpha value is -3.09. The van der Waals surface area contributed by atoms with Crippen LogP contribution < -0.4 is 5.43 Å². The lowest BCUT2D eigenvalue weighted by atomic mass is 10.1. The van der Waals surface area contributed by atoms with Crippen molar-refractivity contribution < 1.29 is 19.1 Å². The number of aromatic amines is 1. The Bertz CT molecular complexity index is 864. The average Bonchev–Trinajstić information content (AvgIpc) is 3.10. The molecule has 7 heteroatoms. The third-order valence-corrected chi connectivity index (χ3v) is 3.52. The third-order valence-electron chi connectivity index (χ3n) is 3.52. The van der Waals surface area contributed by atoms with Crippen molar-refractivity contribution in [2.75, 3.05) is 13.2 Å². The number of nitrogens with zero attached hydrogens (tertiary/aromatic N) is 1. The van der Waals surface area contributed by atoms with Gasteiger partial charge >= 0.3 is 5.97 Å². The molecule has 1 aliphatic heterocycles. The number of carbonyl (C=O) groups is 2. The van der Waals surface area contributed by atoms with E-state index in [1.165, 1.54) is 0 Å². The molecule has 0 saturated carbocycles. The Labute approximate surface area is 138 Å². The third kappa shape index (κ3) is 2.76. The molecule has 2 aromatic rings. The minimum absolute atomic E-state index is 0.205. The maximum atomic E-state index is 12.4. The molecule has 0 unspecified atom stereocenters. The van der Waals surface area contributed by atoms with Gasteiger partial charge < -0.3 is 14.5 Å². The molecular formula is C17H17N3O4. The van der Waals surface area contributed by atoms with E-state index in [9.17, 15) is 9.59 Å². The summed E-state index contributed by atoms with van der Waals surface area (Å²) in [5.41, 5.74) is 4.26. The van der Waals surface area contributed by atoms with Crippen LogP contribution >= 0.6 is 0 Å². The van der Waals surface area contributed by atoms with Crippen LogP contribution in [0.4, 0.5) is 0 Å². The predicted molar refractivity (Wildman–Crippen MR) is 89.4 cm³/mol. The second-order valence-corrected chi connectivity index (χ2v) is 5.03. The first-order valence-electron chi connectivity index (χ1n) is 7.66. The smallest absolute Gasteiger partial charge is 0.340 e. The van der Waals surface area contributed by atoms with E-state index in [-0.39, 0.29) is 24.0 Å². The van der Waals surface area contributed by atoms with Gasteiger partial charge in [-0.2, -0.15) is 0 Å². The monoisotopic (exact) mass is 327 g/mol. The Kier molecular flexibility index (Phi) is 4.33. The predicted octanol–water partition coefficient (Wildman–Crippen LogP) is 2.21. The number of hydrazone groups is 1. The van der Waals surface area contributed by atoms with Gasteiger partial charge in [-0.1, -0.05) is 18.2 Å². The summed E-state index contributed by atoms with van der Waals surface area (Å²) < 4.78 is 10.5. The Morgan fingerprint density at radius 3 is 2.79 bits per heavy atom. The Morgan fingerprint density at radius 1 is 1.25 bits per heavy atom. The van der Waals surface area contributed by atoms with Gasteiger partial charge in [0.25, 0.3) is 5.91 Å². The number of aromatic nitrogens is 1. The summed E-state index contributed by atoms with van der Waals surface area (Å²) in [4.78, 5) is 27.5. The fraction of sp³-hybridized carbons (Fsp3) is 0.235. The Morgan fingerprint density at radius 2 is 2.04 bits per heavy atom. The van der Waals surface area contributed by atoms with Crippen LogP contribution in [0.3, 0.4) is 0 Å². The lowest BCUT2D eigenvalue weighted by Gasteiger charge is -2.04. The van der Waals surface area contributed by atoms with Crippen LogP contribution in [0.25, 0.3) is 17.0 Å². The Balaban J connectivity index is 2.13. The molecule has 1 aromatic heterocycles. The molecule has 0 radical (unpaired) electrons. The van der Waals surface area contributed by atoms with Crippen molar-refractivity contribution in [3.63, 3.8) is 0 Å². The van der Waals surface area contributed by atoms with E-state index in [1.807, 2.05) is 24.3 Å². The van der Waals surface area contributed by atoms with Gasteiger partial charge in [-0.05, 0) is 26.0 Å². The molecule has 1 aliphatic rings. The second kappa shape index (κ2) is 6.57. The summed E-state index contributed by atoms with van der Waals surface area (Å²) in [5.74, 6) is -0.627. The summed E-state index contributed by atoms with van der Waals surface area (Å²) in [6.45, 7) is 4.19. The molecule has 124 valence electrons. The highest BCUT2D eigenvalue weighted by Gasteiger charge is 2.26. The number of hydrogen-bond acceptors (Lipinski definition) is 5. The van der Waals surface area contributed by atoms with Gasteiger partial charge in [0.05, 0.1) is 24.5 Å². The number of carbonyl (C=O) groups excluding carboxylic acids is 2. The largest absolute Gasteiger partial charge is 0.476 e. The minimum Gasteiger partial charge on any atom is -0.476 e. The maximum Gasteiger partial charge on any atom is 0.340 e. The van der Waals surface area contributed by atoms with E-state index in [4.69, 9.17) is 9.47 Å². The van der Waals surface area contributed by atoms with Crippen LogP contribution in [-0.4, -0.2) is 36.0 Å². The van der Waals surface area contributed by atoms with Crippen molar-refractivity contribution in [2.45, 2.75) is 13.8 Å². The van der Waals surface area contributed by atoms with Crippen LogP contribution in [0, 0.1) is 0 Å². The zero-order chi connectivity index (χ0) is 17.1. The summed E-state index contributed by atoms with van der Waals surface area (Å²) in [5, 5.41) is 4.58. The van der Waals surface area contributed by atoms with Crippen molar-refractivity contribution in [2.24, 2.45) is 5.10 Å². The SMILES string of the molecule is CCOC(=O)c1c(C=C2C(=O)NN=C2OCC)[nH]c2ccccc12. The van der Waals surface area contributed by atoms with Crippen LogP contribution in [0.1, 0.15) is 29.9 Å². The van der Waals surface area contributed by atoms with Crippen molar-refractivity contribution in [3.05, 3.63) is 41.1 Å². The summed E-state index contributed by atoms with van der Waals surface area (Å²) >= 11 is 0. The summed E-state index contributed by atoms with van der Waals surface area (Å²) in [6.07, 6.45) is 1.56. The summed E-state index contributed by atoms with van der Waals surface area (Å²) in [7, 11) is 0. The number of benzene rings is 1. The number of fused-ring (bicyclic) bond motifs is 1. The first-order valence-corrected chi connectivity index (χ1v) is 7.66. The highest BCUT2D eigenvalue weighted by atomic mass is 16.5. The van der Waals surface area contributed by atoms with Gasteiger partial charge in [0, 0.05) is 10.9 Å². The topological polar surface area (TPSA) is 92.8 Å². The van der Waals surface area contributed by atoms with Crippen molar-refractivity contribution in [3.8, 4) is 0 Å². The molecule has 1 aromatic carbocycles. The molecule has 2 N–H and O–H groups in total. The fourth-order valence-electron chi connectivity index (χ4n) is 2.53. The van der Waals surface area contributed by atoms with Gasteiger partial charge in [-0.3, -0.25) is 4.79 Å². The van der Waals surface area contributed by atoms with Crippen molar-refractivity contribution in [1.82, 2.24) is 10.4 Å². The van der Waals surface area contributed by atoms with Crippen molar-refractivity contribution in [1.29, 1.82) is 0 Å².